The molecule has 0 aromatic heterocycles. The second-order valence-electron chi connectivity index (χ2n) is 4.19. The van der Waals surface area contributed by atoms with Crippen molar-refractivity contribution in [1.29, 1.82) is 0 Å². The molecule has 0 amide bonds. The van der Waals surface area contributed by atoms with Crippen LogP contribution in [0.1, 0.15) is 67.4 Å². The first-order chi connectivity index (χ1) is 12.1. The maximum absolute atomic E-state index is 11.0. The van der Waals surface area contributed by atoms with Crippen LogP contribution in [0.3, 0.4) is 0 Å². The van der Waals surface area contributed by atoms with Crippen LogP contribution in [-0.4, -0.2) is 11.5 Å². The number of nitrogens with zero attached hydrogens (tertiary/aromatic N) is 1. The van der Waals surface area contributed by atoms with Crippen molar-refractivity contribution in [2.75, 3.05) is 6.61 Å². The van der Waals surface area contributed by atoms with E-state index >= 15 is 0 Å². The Labute approximate surface area is 154 Å². The lowest BCUT2D eigenvalue weighted by Gasteiger charge is -2.08. The van der Waals surface area contributed by atoms with Crippen molar-refractivity contribution < 1.29 is 9.66 Å². The van der Waals surface area contributed by atoms with E-state index in [2.05, 4.69) is 0 Å². The lowest BCUT2D eigenvalue weighted by Crippen LogP contribution is -2.08. The summed E-state index contributed by atoms with van der Waals surface area (Å²) < 4.78 is 5.62. The zero-order valence-electron chi connectivity index (χ0n) is 17.6. The molecule has 25 heavy (non-hydrogen) atoms. The van der Waals surface area contributed by atoms with Crippen LogP contribution in [0, 0.1) is 17.0 Å². The molecule has 1 aromatic carbocycles. The zero-order valence-corrected chi connectivity index (χ0v) is 17.6. The molecule has 0 N–H and O–H groups in total. The molecule has 0 atom stereocenters. The average molecular weight is 352 g/mol. The maximum atomic E-state index is 11.0. The quantitative estimate of drug-likeness (QED) is 0.316. The Morgan fingerprint density at radius 1 is 1.16 bits per heavy atom. The fraction of sp³-hybridized carbons (Fsp3) is 0.524. The van der Waals surface area contributed by atoms with Gasteiger partial charge < -0.3 is 4.74 Å². The third-order valence-corrected chi connectivity index (χ3v) is 2.68. The smallest absolute Gasteiger partial charge is 0.252 e. The molecule has 0 aliphatic heterocycles. The number of ether oxygens (including phenoxy) is 1. The largest absolute Gasteiger partial charge is 0.489 e. The molecule has 144 valence electrons. The van der Waals surface area contributed by atoms with Crippen molar-refractivity contribution in [1.82, 2.24) is 0 Å². The van der Waals surface area contributed by atoms with Crippen LogP contribution >= 0.6 is 0 Å². The number of rotatable bonds is 6. The number of benzene rings is 1. The van der Waals surface area contributed by atoms with Crippen molar-refractivity contribution in [3.63, 3.8) is 0 Å². The molecule has 0 spiro atoms. The van der Waals surface area contributed by atoms with Crippen LogP contribution in [0.4, 0.5) is 0 Å². The summed E-state index contributed by atoms with van der Waals surface area (Å²) in [5, 5.41) is 11.0. The van der Waals surface area contributed by atoms with Gasteiger partial charge in [0.1, 0.15) is 12.4 Å². The van der Waals surface area contributed by atoms with Gasteiger partial charge in [-0.3, -0.25) is 10.1 Å². The molecule has 0 unspecified atom stereocenters. The summed E-state index contributed by atoms with van der Waals surface area (Å²) in [6.45, 7) is 17.8. The van der Waals surface area contributed by atoms with Gasteiger partial charge in [-0.15, -0.1) is 0 Å². The Hall–Kier alpha value is -2.10. The van der Waals surface area contributed by atoms with E-state index in [0.717, 1.165) is 11.3 Å². The van der Waals surface area contributed by atoms with Gasteiger partial charge in [0.2, 0.25) is 0 Å². The third kappa shape index (κ3) is 12.9. The summed E-state index contributed by atoms with van der Waals surface area (Å²) in [7, 11) is 0. The summed E-state index contributed by atoms with van der Waals surface area (Å²) in [4.78, 5) is 10.6. The molecule has 1 aromatic rings. The molecule has 0 saturated heterocycles. The van der Waals surface area contributed by atoms with Crippen molar-refractivity contribution in [2.45, 2.75) is 68.7 Å². The standard InChI is InChI=1S/C15H19NO3.3C2H6/c1-4-7-13(15(5-2)16(17)18)11-19-14-9-6-8-12(3)10-14;3*1-2/h4,6-10H,5,11H2,1-3H3;3*1-2H3/b7-4-,15-13-;;;. The number of allylic oxidation sites excluding steroid dienone is 2. The minimum atomic E-state index is -0.338. The minimum absolute atomic E-state index is 0.200. The SMILES string of the molecule is C/C=C\C(COc1cccc(C)c1)=C(/CC)[N+](=O)[O-].CC.CC.CC. The lowest BCUT2D eigenvalue weighted by molar-refractivity contribution is -0.428. The number of aryl methyl sites for hydroxylation is 1. The van der Waals surface area contributed by atoms with Gasteiger partial charge in [-0.05, 0) is 31.5 Å². The maximum Gasteiger partial charge on any atom is 0.252 e. The summed E-state index contributed by atoms with van der Waals surface area (Å²) >= 11 is 0. The summed E-state index contributed by atoms with van der Waals surface area (Å²) in [6.07, 6.45) is 3.90. The van der Waals surface area contributed by atoms with Gasteiger partial charge in [-0.1, -0.05) is 72.8 Å². The van der Waals surface area contributed by atoms with Crippen molar-refractivity contribution in [2.24, 2.45) is 0 Å². The van der Waals surface area contributed by atoms with E-state index < -0.39 is 0 Å². The Morgan fingerprint density at radius 3 is 2.12 bits per heavy atom. The third-order valence-electron chi connectivity index (χ3n) is 2.68. The second-order valence-corrected chi connectivity index (χ2v) is 4.19. The zero-order chi connectivity index (χ0) is 20.3. The number of nitro groups is 1. The van der Waals surface area contributed by atoms with E-state index in [0.29, 0.717) is 12.0 Å². The molecule has 0 heterocycles. The molecule has 0 aliphatic carbocycles. The Balaban J connectivity index is -0.000000725. The average Bonchev–Trinajstić information content (AvgIpc) is 2.65. The topological polar surface area (TPSA) is 52.4 Å². The van der Waals surface area contributed by atoms with Gasteiger partial charge in [0.25, 0.3) is 5.70 Å². The van der Waals surface area contributed by atoms with E-state index in [4.69, 9.17) is 4.74 Å². The highest BCUT2D eigenvalue weighted by atomic mass is 16.6. The van der Waals surface area contributed by atoms with Crippen molar-refractivity contribution in [3.05, 3.63) is 63.4 Å². The lowest BCUT2D eigenvalue weighted by atomic mass is 10.1. The van der Waals surface area contributed by atoms with Gasteiger partial charge in [-0.25, -0.2) is 0 Å². The predicted molar refractivity (Wildman–Crippen MR) is 110 cm³/mol. The van der Waals surface area contributed by atoms with E-state index in [9.17, 15) is 10.1 Å². The van der Waals surface area contributed by atoms with Crippen LogP contribution in [0.5, 0.6) is 5.75 Å². The predicted octanol–water partition coefficient (Wildman–Crippen LogP) is 6.97. The van der Waals surface area contributed by atoms with Gasteiger partial charge in [0, 0.05) is 6.42 Å². The summed E-state index contributed by atoms with van der Waals surface area (Å²) in [5.74, 6) is 0.723. The molecular weight excluding hydrogens is 314 g/mol. The van der Waals surface area contributed by atoms with Gasteiger partial charge in [-0.2, -0.15) is 0 Å². The van der Waals surface area contributed by atoms with Crippen LogP contribution in [0.25, 0.3) is 0 Å². The highest BCUT2D eigenvalue weighted by Gasteiger charge is 2.14. The number of hydrogen-bond donors (Lipinski definition) is 0. The molecular formula is C21H37NO3. The second kappa shape index (κ2) is 19.9. The molecule has 0 bridgehead atoms. The summed E-state index contributed by atoms with van der Waals surface area (Å²) in [6, 6.07) is 7.63. The van der Waals surface area contributed by atoms with Gasteiger partial charge >= 0.3 is 0 Å². The molecule has 1 rings (SSSR count). The number of hydrogen-bond acceptors (Lipinski definition) is 3. The fourth-order valence-corrected chi connectivity index (χ4v) is 1.77. The molecule has 0 radical (unpaired) electrons. The monoisotopic (exact) mass is 351 g/mol. The Kier molecular flexibility index (Phi) is 22.1. The molecule has 4 heteroatoms. The van der Waals surface area contributed by atoms with E-state index in [1.54, 1.807) is 19.1 Å². The minimum Gasteiger partial charge on any atom is -0.489 e. The molecule has 0 fully saturated rings. The van der Waals surface area contributed by atoms with Crippen LogP contribution in [-0.2, 0) is 0 Å². The van der Waals surface area contributed by atoms with Crippen LogP contribution in [0.2, 0.25) is 0 Å². The Bertz CT molecular complexity index is 506. The van der Waals surface area contributed by atoms with Crippen molar-refractivity contribution >= 4 is 0 Å². The molecule has 0 aliphatic rings. The van der Waals surface area contributed by atoms with E-state index in [1.807, 2.05) is 79.7 Å². The normalized spacial score (nSPS) is 10.1. The van der Waals surface area contributed by atoms with Crippen LogP contribution < -0.4 is 4.74 Å². The van der Waals surface area contributed by atoms with Crippen molar-refractivity contribution in [3.8, 4) is 5.75 Å². The fourth-order valence-electron chi connectivity index (χ4n) is 1.77. The first-order valence-corrected chi connectivity index (χ1v) is 9.27. The first kappa shape index (κ1) is 27.7. The highest BCUT2D eigenvalue weighted by molar-refractivity contribution is 5.29. The van der Waals surface area contributed by atoms with E-state index in [1.165, 1.54) is 0 Å². The van der Waals surface area contributed by atoms with E-state index in [-0.39, 0.29) is 17.2 Å². The first-order valence-electron chi connectivity index (χ1n) is 9.27. The molecule has 0 saturated carbocycles. The van der Waals surface area contributed by atoms with Gasteiger partial charge in [0.15, 0.2) is 0 Å². The van der Waals surface area contributed by atoms with Crippen LogP contribution in [0.15, 0.2) is 47.7 Å². The highest BCUT2D eigenvalue weighted by Crippen LogP contribution is 2.16. The van der Waals surface area contributed by atoms with Gasteiger partial charge in [0.05, 0.1) is 10.5 Å². The summed E-state index contributed by atoms with van der Waals surface area (Å²) in [5.41, 5.74) is 1.90. The molecule has 4 nitrogen and oxygen atoms in total. The Morgan fingerprint density at radius 2 is 1.72 bits per heavy atom.